The molecule has 2 rings (SSSR count). The Bertz CT molecular complexity index is 403. The van der Waals surface area contributed by atoms with Crippen molar-refractivity contribution in [3.05, 3.63) is 29.8 Å². The third-order valence-corrected chi connectivity index (χ3v) is 4.06. The Labute approximate surface area is 112 Å². The molecule has 0 saturated carbocycles. The second-order valence-electron chi connectivity index (χ2n) is 4.74. The van der Waals surface area contributed by atoms with Crippen molar-refractivity contribution in [3.63, 3.8) is 0 Å². The Kier molecular flexibility index (Phi) is 4.66. The number of ether oxygens (including phenoxy) is 1. The highest BCUT2D eigenvalue weighted by molar-refractivity contribution is 8.00. The molecule has 18 heavy (non-hydrogen) atoms. The van der Waals surface area contributed by atoms with Gasteiger partial charge in [0.15, 0.2) is 0 Å². The molecule has 1 atom stereocenters. The zero-order valence-corrected chi connectivity index (χ0v) is 11.6. The van der Waals surface area contributed by atoms with Crippen LogP contribution in [-0.4, -0.2) is 23.9 Å². The number of rotatable bonds is 5. The van der Waals surface area contributed by atoms with E-state index < -0.39 is 0 Å². The molecule has 1 aromatic rings. The van der Waals surface area contributed by atoms with E-state index in [9.17, 15) is 4.79 Å². The topological polar surface area (TPSA) is 38.3 Å². The van der Waals surface area contributed by atoms with Gasteiger partial charge in [0.05, 0.1) is 6.61 Å². The number of hydrogen-bond donors (Lipinski definition) is 1. The standard InChI is InChI=1S/C14H19NO2S/c1-10(2)15-9-11-3-5-12(6-4-11)18-13-7-8-17-14(13)16/h3-6,10,13,15H,7-9H2,1-2H3. The fourth-order valence-corrected chi connectivity index (χ4v) is 2.76. The average Bonchev–Trinajstić information content (AvgIpc) is 2.74. The molecule has 0 radical (unpaired) electrons. The number of nitrogens with one attached hydrogen (secondary N) is 1. The van der Waals surface area contributed by atoms with Gasteiger partial charge in [0.2, 0.25) is 0 Å². The maximum absolute atomic E-state index is 11.4. The molecule has 98 valence electrons. The van der Waals surface area contributed by atoms with Crippen LogP contribution >= 0.6 is 11.8 Å². The zero-order valence-electron chi connectivity index (χ0n) is 10.8. The second kappa shape index (κ2) is 6.25. The Morgan fingerprint density at radius 3 is 2.67 bits per heavy atom. The molecule has 1 aromatic carbocycles. The van der Waals surface area contributed by atoms with Crippen molar-refractivity contribution in [1.29, 1.82) is 0 Å². The summed E-state index contributed by atoms with van der Waals surface area (Å²) in [6.07, 6.45) is 0.820. The van der Waals surface area contributed by atoms with Crippen LogP contribution in [-0.2, 0) is 16.1 Å². The van der Waals surface area contributed by atoms with E-state index in [4.69, 9.17) is 4.74 Å². The molecule has 3 nitrogen and oxygen atoms in total. The molecule has 0 spiro atoms. The van der Waals surface area contributed by atoms with Crippen LogP contribution in [0.15, 0.2) is 29.2 Å². The summed E-state index contributed by atoms with van der Waals surface area (Å²) in [5, 5.41) is 3.36. The van der Waals surface area contributed by atoms with Gasteiger partial charge in [0.25, 0.3) is 0 Å². The fourth-order valence-electron chi connectivity index (χ4n) is 1.76. The lowest BCUT2D eigenvalue weighted by Gasteiger charge is -2.09. The first-order valence-corrected chi connectivity index (χ1v) is 7.19. The summed E-state index contributed by atoms with van der Waals surface area (Å²) < 4.78 is 4.96. The van der Waals surface area contributed by atoms with Crippen LogP contribution < -0.4 is 5.32 Å². The van der Waals surface area contributed by atoms with E-state index in [0.29, 0.717) is 12.6 Å². The number of carbonyl (C=O) groups excluding carboxylic acids is 1. The van der Waals surface area contributed by atoms with E-state index in [0.717, 1.165) is 17.9 Å². The fraction of sp³-hybridized carbons (Fsp3) is 0.500. The first kappa shape index (κ1) is 13.4. The van der Waals surface area contributed by atoms with Crippen LogP contribution in [0.1, 0.15) is 25.8 Å². The molecular formula is C14H19NO2S. The molecule has 1 saturated heterocycles. The molecule has 1 heterocycles. The SMILES string of the molecule is CC(C)NCc1ccc(SC2CCOC2=O)cc1. The normalized spacial score (nSPS) is 19.3. The summed E-state index contributed by atoms with van der Waals surface area (Å²) in [5.41, 5.74) is 1.27. The van der Waals surface area contributed by atoms with Gasteiger partial charge in [-0.05, 0) is 17.7 Å². The van der Waals surface area contributed by atoms with Crippen molar-refractivity contribution < 1.29 is 9.53 Å². The van der Waals surface area contributed by atoms with E-state index in [1.807, 2.05) is 0 Å². The summed E-state index contributed by atoms with van der Waals surface area (Å²) >= 11 is 1.60. The summed E-state index contributed by atoms with van der Waals surface area (Å²) in [6, 6.07) is 8.87. The summed E-state index contributed by atoms with van der Waals surface area (Å²) in [5.74, 6) is -0.0782. The van der Waals surface area contributed by atoms with Crippen LogP contribution in [0.3, 0.4) is 0 Å². The van der Waals surface area contributed by atoms with Crippen molar-refractivity contribution in [2.45, 2.75) is 43.0 Å². The molecular weight excluding hydrogens is 246 g/mol. The maximum Gasteiger partial charge on any atom is 0.319 e. The van der Waals surface area contributed by atoms with Crippen LogP contribution in [0.5, 0.6) is 0 Å². The van der Waals surface area contributed by atoms with Crippen LogP contribution in [0.25, 0.3) is 0 Å². The third-order valence-electron chi connectivity index (χ3n) is 2.80. The Hall–Kier alpha value is -1.00. The Morgan fingerprint density at radius 2 is 2.11 bits per heavy atom. The minimum atomic E-state index is -0.0782. The van der Waals surface area contributed by atoms with Crippen molar-refractivity contribution in [1.82, 2.24) is 5.32 Å². The highest BCUT2D eigenvalue weighted by Gasteiger charge is 2.27. The van der Waals surface area contributed by atoms with Gasteiger partial charge in [-0.15, -0.1) is 11.8 Å². The van der Waals surface area contributed by atoms with Gasteiger partial charge in [-0.3, -0.25) is 4.79 Å². The molecule has 0 aliphatic carbocycles. The summed E-state index contributed by atoms with van der Waals surface area (Å²) in [7, 11) is 0. The van der Waals surface area contributed by atoms with Crippen molar-refractivity contribution in [2.24, 2.45) is 0 Å². The van der Waals surface area contributed by atoms with Gasteiger partial charge in [-0.25, -0.2) is 0 Å². The van der Waals surface area contributed by atoms with Crippen molar-refractivity contribution in [2.75, 3.05) is 6.61 Å². The minimum Gasteiger partial charge on any atom is -0.465 e. The predicted octanol–water partition coefficient (Wildman–Crippen LogP) is 2.59. The largest absolute Gasteiger partial charge is 0.465 e. The van der Waals surface area contributed by atoms with Crippen molar-refractivity contribution in [3.8, 4) is 0 Å². The lowest BCUT2D eigenvalue weighted by Crippen LogP contribution is -2.21. The predicted molar refractivity (Wildman–Crippen MR) is 73.6 cm³/mol. The quantitative estimate of drug-likeness (QED) is 0.831. The second-order valence-corrected chi connectivity index (χ2v) is 6.02. The lowest BCUT2D eigenvalue weighted by atomic mass is 10.2. The van der Waals surface area contributed by atoms with Crippen LogP contribution in [0, 0.1) is 0 Å². The number of carbonyl (C=O) groups is 1. The van der Waals surface area contributed by atoms with Crippen molar-refractivity contribution >= 4 is 17.7 Å². The number of hydrogen-bond acceptors (Lipinski definition) is 4. The Morgan fingerprint density at radius 1 is 1.39 bits per heavy atom. The number of esters is 1. The van der Waals surface area contributed by atoms with E-state index in [1.165, 1.54) is 5.56 Å². The molecule has 4 heteroatoms. The van der Waals surface area contributed by atoms with E-state index >= 15 is 0 Å². The summed E-state index contributed by atoms with van der Waals surface area (Å²) in [6.45, 7) is 5.72. The van der Waals surface area contributed by atoms with E-state index in [-0.39, 0.29) is 11.2 Å². The smallest absolute Gasteiger partial charge is 0.319 e. The molecule has 1 aliphatic heterocycles. The van der Waals surface area contributed by atoms with Crippen LogP contribution in [0.2, 0.25) is 0 Å². The molecule has 0 aromatic heterocycles. The first-order valence-electron chi connectivity index (χ1n) is 6.31. The third kappa shape index (κ3) is 3.75. The number of cyclic esters (lactones) is 1. The summed E-state index contributed by atoms with van der Waals surface area (Å²) in [4.78, 5) is 12.5. The van der Waals surface area contributed by atoms with Gasteiger partial charge >= 0.3 is 5.97 Å². The highest BCUT2D eigenvalue weighted by atomic mass is 32.2. The molecule has 1 aliphatic rings. The monoisotopic (exact) mass is 265 g/mol. The zero-order chi connectivity index (χ0) is 13.0. The van der Waals surface area contributed by atoms with Gasteiger partial charge < -0.3 is 10.1 Å². The van der Waals surface area contributed by atoms with Gasteiger partial charge in [-0.2, -0.15) is 0 Å². The first-order chi connectivity index (χ1) is 8.65. The lowest BCUT2D eigenvalue weighted by molar-refractivity contribution is -0.137. The average molecular weight is 265 g/mol. The molecule has 1 fully saturated rings. The van der Waals surface area contributed by atoms with Gasteiger partial charge in [0, 0.05) is 23.9 Å². The molecule has 1 unspecified atom stereocenters. The number of benzene rings is 1. The van der Waals surface area contributed by atoms with E-state index in [1.54, 1.807) is 11.8 Å². The molecule has 0 bridgehead atoms. The van der Waals surface area contributed by atoms with Crippen LogP contribution in [0.4, 0.5) is 0 Å². The number of thioether (sulfide) groups is 1. The van der Waals surface area contributed by atoms with E-state index in [2.05, 4.69) is 43.4 Å². The minimum absolute atomic E-state index is 0.0235. The molecule has 0 amide bonds. The Balaban J connectivity index is 1.89. The molecule has 1 N–H and O–H groups in total. The van der Waals surface area contributed by atoms with Gasteiger partial charge in [0.1, 0.15) is 5.25 Å². The maximum atomic E-state index is 11.4. The van der Waals surface area contributed by atoms with Gasteiger partial charge in [-0.1, -0.05) is 26.0 Å². The highest BCUT2D eigenvalue weighted by Crippen LogP contribution is 2.29.